The molecule has 2 aliphatic heterocycles. The average Bonchev–Trinajstić information content (AvgIpc) is 3.46. The first-order chi connectivity index (χ1) is 14.1. The smallest absolute Gasteiger partial charge is 0.245 e. The Morgan fingerprint density at radius 1 is 1.17 bits per heavy atom. The average molecular weight is 406 g/mol. The van der Waals surface area contributed by atoms with Gasteiger partial charge in [0, 0.05) is 18.9 Å². The molecule has 3 fully saturated rings. The number of unbranched alkanes of at least 4 members (excludes halogenated alkanes) is 1. The summed E-state index contributed by atoms with van der Waals surface area (Å²) in [6, 6.07) is 0. The molecule has 1 aliphatic carbocycles. The molecule has 2 N–H and O–H groups in total. The highest BCUT2D eigenvalue weighted by Gasteiger charge is 2.46. The minimum Gasteiger partial charge on any atom is -0.389 e. The molecule has 5 heteroatoms. The van der Waals surface area contributed by atoms with Crippen molar-refractivity contribution in [2.24, 2.45) is 17.8 Å². The molecule has 2 heterocycles. The number of aliphatic hydroxyl groups excluding tert-OH is 1. The third-order valence-electron chi connectivity index (χ3n) is 7.02. The van der Waals surface area contributed by atoms with Gasteiger partial charge < -0.3 is 9.84 Å². The Bertz CT molecular complexity index is 569. The van der Waals surface area contributed by atoms with Crippen LogP contribution >= 0.6 is 0 Å². The van der Waals surface area contributed by atoms with Crippen LogP contribution in [0.1, 0.15) is 77.6 Å². The molecule has 164 valence electrons. The van der Waals surface area contributed by atoms with E-state index in [0.717, 1.165) is 43.6 Å². The van der Waals surface area contributed by atoms with Crippen molar-refractivity contribution in [3.05, 3.63) is 24.3 Å². The maximum absolute atomic E-state index is 11.6. The quantitative estimate of drug-likeness (QED) is 0.228. The number of carbonyl (C=O) groups excluding carboxylic acids is 1. The van der Waals surface area contributed by atoms with Crippen LogP contribution in [0.2, 0.25) is 0 Å². The maximum atomic E-state index is 11.6. The molecule has 0 aromatic rings. The monoisotopic (exact) mass is 405 g/mol. The number of hydroxylamine groups is 2. The predicted molar refractivity (Wildman–Crippen MR) is 113 cm³/mol. The molecule has 2 saturated heterocycles. The number of nitrogens with zero attached hydrogens (tertiary/aromatic N) is 1. The summed E-state index contributed by atoms with van der Waals surface area (Å²) in [5.74, 6) is 1.40. The summed E-state index contributed by atoms with van der Waals surface area (Å²) in [5.41, 5.74) is 0. The Labute approximate surface area is 175 Å². The SMILES string of the molecule is CCN(O)C(=O)CCCC=CC[C@H]1[C@@H](C=CC(O)CC2CCCC2)[C@H]2CC[C@@H]1O2. The molecule has 3 aliphatic rings. The molecular weight excluding hydrogens is 366 g/mol. The molecular formula is C24H39NO4. The minimum atomic E-state index is -0.319. The lowest BCUT2D eigenvalue weighted by Crippen LogP contribution is -2.26. The summed E-state index contributed by atoms with van der Waals surface area (Å²) < 4.78 is 6.17. The number of carbonyl (C=O) groups is 1. The fourth-order valence-corrected chi connectivity index (χ4v) is 5.36. The molecule has 0 radical (unpaired) electrons. The number of aliphatic hydroxyl groups is 1. The highest BCUT2D eigenvalue weighted by Crippen LogP contribution is 2.46. The molecule has 0 aromatic carbocycles. The van der Waals surface area contributed by atoms with E-state index in [0.29, 0.717) is 42.9 Å². The molecule has 5 atom stereocenters. The van der Waals surface area contributed by atoms with Gasteiger partial charge in [0.2, 0.25) is 5.91 Å². The lowest BCUT2D eigenvalue weighted by atomic mass is 9.77. The van der Waals surface area contributed by atoms with E-state index in [1.807, 2.05) is 6.08 Å². The van der Waals surface area contributed by atoms with E-state index in [4.69, 9.17) is 4.74 Å². The standard InChI is InChI=1S/C24H39NO4/c1-2-25(28)24(27)12-6-4-3-5-11-20-21(23-16-15-22(20)29-23)14-13-19(26)17-18-9-7-8-10-18/h3,5,13-14,18-23,26,28H,2,4,6-12,15-17H2,1H3/t19?,20-,21+,22-,23+/m0/s1. The molecule has 3 rings (SSSR count). The highest BCUT2D eigenvalue weighted by molar-refractivity contribution is 5.74. The Morgan fingerprint density at radius 3 is 2.69 bits per heavy atom. The summed E-state index contributed by atoms with van der Waals surface area (Å²) in [4.78, 5) is 11.6. The number of hydrogen-bond acceptors (Lipinski definition) is 4. The van der Waals surface area contributed by atoms with E-state index in [2.05, 4.69) is 18.2 Å². The van der Waals surface area contributed by atoms with E-state index in [1.165, 1.54) is 25.7 Å². The van der Waals surface area contributed by atoms with Crippen molar-refractivity contribution in [1.82, 2.24) is 5.06 Å². The molecule has 1 amide bonds. The zero-order valence-corrected chi connectivity index (χ0v) is 17.9. The molecule has 1 unspecified atom stereocenters. The zero-order chi connectivity index (χ0) is 20.6. The van der Waals surface area contributed by atoms with Crippen molar-refractivity contribution >= 4 is 5.91 Å². The molecule has 0 aromatic heterocycles. The fraction of sp³-hybridized carbons (Fsp3) is 0.792. The Morgan fingerprint density at radius 2 is 1.93 bits per heavy atom. The number of amides is 1. The van der Waals surface area contributed by atoms with Gasteiger partial charge in [0.25, 0.3) is 0 Å². The first-order valence-corrected chi connectivity index (χ1v) is 11.7. The maximum Gasteiger partial charge on any atom is 0.245 e. The van der Waals surface area contributed by atoms with Crippen LogP contribution in [0.15, 0.2) is 24.3 Å². The van der Waals surface area contributed by atoms with Crippen molar-refractivity contribution < 1.29 is 19.8 Å². The molecule has 1 saturated carbocycles. The first kappa shape index (κ1) is 22.5. The third kappa shape index (κ3) is 6.40. The zero-order valence-electron chi connectivity index (χ0n) is 17.9. The first-order valence-electron chi connectivity index (χ1n) is 11.7. The summed E-state index contributed by atoms with van der Waals surface area (Å²) in [6.07, 6.45) is 20.4. The van der Waals surface area contributed by atoms with Gasteiger partial charge in [-0.25, -0.2) is 5.06 Å². The van der Waals surface area contributed by atoms with Crippen LogP contribution in [0.4, 0.5) is 0 Å². The second-order valence-electron chi connectivity index (χ2n) is 9.08. The van der Waals surface area contributed by atoms with Crippen LogP contribution in [0.5, 0.6) is 0 Å². The van der Waals surface area contributed by atoms with Gasteiger partial charge in [-0.05, 0) is 57.3 Å². The Hall–Kier alpha value is -1.17. The van der Waals surface area contributed by atoms with Gasteiger partial charge in [-0.1, -0.05) is 50.0 Å². The second-order valence-corrected chi connectivity index (χ2v) is 9.08. The highest BCUT2D eigenvalue weighted by atomic mass is 16.5. The molecule has 5 nitrogen and oxygen atoms in total. The van der Waals surface area contributed by atoms with Gasteiger partial charge in [0.05, 0.1) is 18.3 Å². The van der Waals surface area contributed by atoms with E-state index in [1.54, 1.807) is 6.92 Å². The molecule has 29 heavy (non-hydrogen) atoms. The molecule has 0 spiro atoms. The second kappa shape index (κ2) is 11.3. The van der Waals surface area contributed by atoms with Crippen molar-refractivity contribution in [3.8, 4) is 0 Å². The minimum absolute atomic E-state index is 0.205. The van der Waals surface area contributed by atoms with E-state index >= 15 is 0 Å². The number of allylic oxidation sites excluding steroid dienone is 2. The van der Waals surface area contributed by atoms with E-state index in [-0.39, 0.29) is 12.0 Å². The largest absolute Gasteiger partial charge is 0.389 e. The van der Waals surface area contributed by atoms with E-state index in [9.17, 15) is 15.1 Å². The lowest BCUT2D eigenvalue weighted by molar-refractivity contribution is -0.164. The fourth-order valence-electron chi connectivity index (χ4n) is 5.36. The van der Waals surface area contributed by atoms with Crippen LogP contribution in [0.3, 0.4) is 0 Å². The van der Waals surface area contributed by atoms with Crippen LogP contribution in [0.25, 0.3) is 0 Å². The summed E-state index contributed by atoms with van der Waals surface area (Å²) in [5, 5.41) is 20.6. The van der Waals surface area contributed by atoms with Gasteiger partial charge >= 0.3 is 0 Å². The van der Waals surface area contributed by atoms with Crippen molar-refractivity contribution in [2.45, 2.75) is 95.9 Å². The van der Waals surface area contributed by atoms with Crippen LogP contribution in [-0.2, 0) is 9.53 Å². The normalized spacial score (nSPS) is 30.7. The predicted octanol–water partition coefficient (Wildman–Crippen LogP) is 4.63. The summed E-state index contributed by atoms with van der Waals surface area (Å²) >= 11 is 0. The number of fused-ring (bicyclic) bond motifs is 2. The number of rotatable bonds is 11. The number of hydrogen-bond donors (Lipinski definition) is 2. The van der Waals surface area contributed by atoms with Gasteiger partial charge in [-0.15, -0.1) is 0 Å². The Kier molecular flexibility index (Phi) is 8.76. The van der Waals surface area contributed by atoms with Gasteiger partial charge in [0.15, 0.2) is 0 Å². The van der Waals surface area contributed by atoms with Crippen LogP contribution < -0.4 is 0 Å². The summed E-state index contributed by atoms with van der Waals surface area (Å²) in [7, 11) is 0. The van der Waals surface area contributed by atoms with Crippen LogP contribution in [-0.4, -0.2) is 46.1 Å². The van der Waals surface area contributed by atoms with E-state index < -0.39 is 0 Å². The Balaban J connectivity index is 1.41. The van der Waals surface area contributed by atoms with Gasteiger partial charge in [-0.3, -0.25) is 10.0 Å². The van der Waals surface area contributed by atoms with Crippen molar-refractivity contribution in [2.75, 3.05) is 6.54 Å². The van der Waals surface area contributed by atoms with Crippen molar-refractivity contribution in [1.29, 1.82) is 0 Å². The van der Waals surface area contributed by atoms with Crippen molar-refractivity contribution in [3.63, 3.8) is 0 Å². The number of ether oxygens (including phenoxy) is 1. The third-order valence-corrected chi connectivity index (χ3v) is 7.02. The van der Waals surface area contributed by atoms with Gasteiger partial charge in [0.1, 0.15) is 0 Å². The summed E-state index contributed by atoms with van der Waals surface area (Å²) in [6.45, 7) is 2.09. The lowest BCUT2D eigenvalue weighted by Gasteiger charge is -2.25. The van der Waals surface area contributed by atoms with Gasteiger partial charge in [-0.2, -0.15) is 0 Å². The molecule has 2 bridgehead atoms. The van der Waals surface area contributed by atoms with Crippen LogP contribution in [0, 0.1) is 17.8 Å². The topological polar surface area (TPSA) is 70.0 Å².